The number of alkyl halides is 3. The standard InChI is InChI=1S/C7H6F3/c8-7(9,10)6-4-2-1-3-5-6/h2-5H,1H2/q-1. The zero-order chi connectivity index (χ0) is 7.61. The second-order valence-electron chi connectivity index (χ2n) is 1.99. The van der Waals surface area contributed by atoms with Gasteiger partial charge in [-0.3, -0.25) is 0 Å². The lowest BCUT2D eigenvalue weighted by Crippen LogP contribution is -2.17. The fourth-order valence-corrected chi connectivity index (χ4v) is 0.713. The first-order valence-corrected chi connectivity index (χ1v) is 2.88. The van der Waals surface area contributed by atoms with Crippen molar-refractivity contribution in [2.45, 2.75) is 12.6 Å². The van der Waals surface area contributed by atoms with Crippen molar-refractivity contribution in [2.24, 2.45) is 0 Å². The molecular weight excluding hydrogens is 141 g/mol. The molecule has 0 nitrogen and oxygen atoms in total. The SMILES string of the molecule is FC(F)(F)[C-]1C=CCC=C1. The maximum absolute atomic E-state index is 11.8. The Morgan fingerprint density at radius 3 is 1.90 bits per heavy atom. The molecule has 0 spiro atoms. The normalized spacial score (nSPS) is 18.1. The largest absolute Gasteiger partial charge is 0.370 e. The molecule has 0 aromatic rings. The smallest absolute Gasteiger partial charge is 0.186 e. The number of rotatable bonds is 0. The molecule has 0 radical (unpaired) electrons. The van der Waals surface area contributed by atoms with Crippen LogP contribution in [0.1, 0.15) is 6.42 Å². The van der Waals surface area contributed by atoms with Crippen molar-refractivity contribution >= 4 is 0 Å². The third-order valence-electron chi connectivity index (χ3n) is 1.19. The number of hydrogen-bond acceptors (Lipinski definition) is 0. The summed E-state index contributed by atoms with van der Waals surface area (Å²) in [6, 6.07) is 0. The minimum Gasteiger partial charge on any atom is -0.186 e. The highest BCUT2D eigenvalue weighted by Crippen LogP contribution is 2.31. The van der Waals surface area contributed by atoms with E-state index in [-0.39, 0.29) is 0 Å². The molecular formula is C7H6F3-. The van der Waals surface area contributed by atoms with Crippen LogP contribution in [0.4, 0.5) is 13.2 Å². The van der Waals surface area contributed by atoms with Crippen LogP contribution in [0.3, 0.4) is 0 Å². The Labute approximate surface area is 57.0 Å². The quantitative estimate of drug-likeness (QED) is 0.462. The summed E-state index contributed by atoms with van der Waals surface area (Å²) >= 11 is 0. The van der Waals surface area contributed by atoms with E-state index in [4.69, 9.17) is 0 Å². The van der Waals surface area contributed by atoms with E-state index in [1.807, 2.05) is 0 Å². The molecule has 0 amide bonds. The minimum atomic E-state index is -4.19. The van der Waals surface area contributed by atoms with Gasteiger partial charge < -0.3 is 0 Å². The van der Waals surface area contributed by atoms with E-state index < -0.39 is 12.1 Å². The van der Waals surface area contributed by atoms with Crippen LogP contribution < -0.4 is 0 Å². The molecule has 0 aromatic heterocycles. The zero-order valence-corrected chi connectivity index (χ0v) is 5.15. The monoisotopic (exact) mass is 147 g/mol. The van der Waals surface area contributed by atoms with E-state index in [0.717, 1.165) is 12.2 Å². The average molecular weight is 147 g/mol. The lowest BCUT2D eigenvalue weighted by atomic mass is 10.0. The van der Waals surface area contributed by atoms with Crippen molar-refractivity contribution < 1.29 is 13.2 Å². The van der Waals surface area contributed by atoms with Crippen molar-refractivity contribution in [2.75, 3.05) is 0 Å². The molecule has 0 fully saturated rings. The van der Waals surface area contributed by atoms with Gasteiger partial charge >= 0.3 is 6.18 Å². The molecule has 0 atom stereocenters. The molecule has 1 aliphatic rings. The molecule has 0 unspecified atom stereocenters. The second kappa shape index (κ2) is 2.40. The van der Waals surface area contributed by atoms with Gasteiger partial charge in [0.15, 0.2) is 0 Å². The molecule has 0 aliphatic heterocycles. The summed E-state index contributed by atoms with van der Waals surface area (Å²) in [7, 11) is 0. The van der Waals surface area contributed by atoms with Crippen LogP contribution in [0, 0.1) is 5.92 Å². The van der Waals surface area contributed by atoms with Gasteiger partial charge in [-0.15, -0.1) is 6.42 Å². The van der Waals surface area contributed by atoms with E-state index in [2.05, 4.69) is 0 Å². The third-order valence-corrected chi connectivity index (χ3v) is 1.19. The van der Waals surface area contributed by atoms with Gasteiger partial charge in [-0.1, -0.05) is 5.92 Å². The summed E-state index contributed by atoms with van der Waals surface area (Å²) < 4.78 is 35.4. The predicted molar refractivity (Wildman–Crippen MR) is 32.2 cm³/mol. The molecule has 0 aromatic carbocycles. The highest BCUT2D eigenvalue weighted by Gasteiger charge is 2.29. The van der Waals surface area contributed by atoms with Crippen LogP contribution in [0.15, 0.2) is 24.3 Å². The molecule has 0 bridgehead atoms. The molecule has 0 saturated heterocycles. The van der Waals surface area contributed by atoms with Crippen molar-refractivity contribution in [1.82, 2.24) is 0 Å². The van der Waals surface area contributed by atoms with Crippen molar-refractivity contribution in [3.8, 4) is 0 Å². The average Bonchev–Trinajstić information content (AvgIpc) is 1.88. The van der Waals surface area contributed by atoms with E-state index >= 15 is 0 Å². The first kappa shape index (κ1) is 7.25. The van der Waals surface area contributed by atoms with Gasteiger partial charge in [0.2, 0.25) is 0 Å². The molecule has 3 heteroatoms. The summed E-state index contributed by atoms with van der Waals surface area (Å²) in [4.78, 5) is 0. The van der Waals surface area contributed by atoms with Crippen molar-refractivity contribution in [3.63, 3.8) is 0 Å². The van der Waals surface area contributed by atoms with Crippen LogP contribution in [0.5, 0.6) is 0 Å². The first-order chi connectivity index (χ1) is 4.61. The molecule has 0 heterocycles. The lowest BCUT2D eigenvalue weighted by molar-refractivity contribution is -0.103. The fourth-order valence-electron chi connectivity index (χ4n) is 0.713. The summed E-state index contributed by atoms with van der Waals surface area (Å²) in [5, 5.41) is 0. The van der Waals surface area contributed by atoms with Gasteiger partial charge in [0.25, 0.3) is 0 Å². The lowest BCUT2D eigenvalue weighted by Gasteiger charge is -2.21. The van der Waals surface area contributed by atoms with E-state index in [9.17, 15) is 13.2 Å². The summed E-state index contributed by atoms with van der Waals surface area (Å²) in [5.74, 6) is -0.571. The summed E-state index contributed by atoms with van der Waals surface area (Å²) in [6.45, 7) is 0. The van der Waals surface area contributed by atoms with Gasteiger partial charge in [0.05, 0.1) is 0 Å². The molecule has 1 rings (SSSR count). The van der Waals surface area contributed by atoms with Crippen molar-refractivity contribution in [3.05, 3.63) is 30.2 Å². The molecule has 0 saturated carbocycles. The zero-order valence-electron chi connectivity index (χ0n) is 5.15. The Morgan fingerprint density at radius 1 is 1.10 bits per heavy atom. The number of halogens is 3. The van der Waals surface area contributed by atoms with Gasteiger partial charge in [-0.2, -0.15) is 37.5 Å². The Balaban J connectivity index is 2.64. The molecule has 1 aliphatic carbocycles. The minimum absolute atomic E-state index is 0.571. The summed E-state index contributed by atoms with van der Waals surface area (Å²) in [6.07, 6.45) is 1.58. The van der Waals surface area contributed by atoms with E-state index in [1.54, 1.807) is 0 Å². The summed E-state index contributed by atoms with van der Waals surface area (Å²) in [5.41, 5.74) is 0. The Bertz CT molecular complexity index is 152. The van der Waals surface area contributed by atoms with Gasteiger partial charge in [-0.05, 0) is 0 Å². The topological polar surface area (TPSA) is 0 Å². The van der Waals surface area contributed by atoms with Gasteiger partial charge in [0.1, 0.15) is 0 Å². The van der Waals surface area contributed by atoms with Gasteiger partial charge in [0, 0.05) is 0 Å². The Kier molecular flexibility index (Phi) is 1.74. The van der Waals surface area contributed by atoms with Crippen molar-refractivity contribution in [1.29, 1.82) is 0 Å². The van der Waals surface area contributed by atoms with Crippen LogP contribution in [0.25, 0.3) is 0 Å². The maximum Gasteiger partial charge on any atom is 0.370 e. The van der Waals surface area contributed by atoms with E-state index in [1.165, 1.54) is 12.2 Å². The van der Waals surface area contributed by atoms with Crippen LogP contribution in [-0.2, 0) is 0 Å². The first-order valence-electron chi connectivity index (χ1n) is 2.88. The highest BCUT2D eigenvalue weighted by molar-refractivity contribution is 5.30. The second-order valence-corrected chi connectivity index (χ2v) is 1.99. The van der Waals surface area contributed by atoms with Crippen LogP contribution in [0.2, 0.25) is 0 Å². The fraction of sp³-hybridized carbons (Fsp3) is 0.286. The Morgan fingerprint density at radius 2 is 1.60 bits per heavy atom. The third kappa shape index (κ3) is 1.56. The molecule has 0 N–H and O–H groups in total. The Hall–Kier alpha value is -0.860. The molecule has 10 heavy (non-hydrogen) atoms. The predicted octanol–water partition coefficient (Wildman–Crippen LogP) is 2.64. The number of allylic oxidation sites excluding steroid dienone is 4. The number of hydrogen-bond donors (Lipinski definition) is 0. The van der Waals surface area contributed by atoms with Gasteiger partial charge in [-0.25, -0.2) is 0 Å². The van der Waals surface area contributed by atoms with E-state index in [0.29, 0.717) is 6.42 Å². The highest BCUT2D eigenvalue weighted by atomic mass is 19.4. The molecule has 56 valence electrons. The van der Waals surface area contributed by atoms with Crippen LogP contribution in [-0.4, -0.2) is 6.18 Å². The maximum atomic E-state index is 11.8. The van der Waals surface area contributed by atoms with Crippen LogP contribution >= 0.6 is 0 Å².